The van der Waals surface area contributed by atoms with Crippen molar-refractivity contribution in [2.45, 2.75) is 26.0 Å². The molecule has 2 nitrogen and oxygen atoms in total. The molecule has 0 amide bonds. The van der Waals surface area contributed by atoms with E-state index in [0.717, 1.165) is 17.7 Å². The van der Waals surface area contributed by atoms with Gasteiger partial charge < -0.3 is 10.1 Å². The van der Waals surface area contributed by atoms with E-state index in [9.17, 15) is 4.39 Å². The minimum Gasteiger partial charge on any atom is -0.375 e. The summed E-state index contributed by atoms with van der Waals surface area (Å²) in [6.45, 7) is 4.72. The number of ether oxygens (including phenoxy) is 1. The van der Waals surface area contributed by atoms with Crippen LogP contribution in [0.15, 0.2) is 48.5 Å². The van der Waals surface area contributed by atoms with Crippen molar-refractivity contribution >= 4 is 0 Å². The van der Waals surface area contributed by atoms with Crippen LogP contribution in [-0.2, 0) is 4.74 Å². The van der Waals surface area contributed by atoms with Crippen LogP contribution >= 0.6 is 0 Å². The number of likely N-dealkylation sites (N-methyl/N-ethyl adjacent to an activating group) is 1. The monoisotopic (exact) mass is 287 g/mol. The number of hydrogen-bond acceptors (Lipinski definition) is 2. The highest BCUT2D eigenvalue weighted by Crippen LogP contribution is 2.33. The molecule has 0 aliphatic heterocycles. The Hall–Kier alpha value is -1.71. The van der Waals surface area contributed by atoms with Crippen molar-refractivity contribution in [3.8, 4) is 0 Å². The fourth-order valence-corrected chi connectivity index (χ4v) is 2.61. The van der Waals surface area contributed by atoms with E-state index in [1.54, 1.807) is 13.2 Å². The van der Waals surface area contributed by atoms with Gasteiger partial charge in [0.15, 0.2) is 0 Å². The molecular formula is C18H22FNO. The molecule has 0 radical (unpaired) electrons. The quantitative estimate of drug-likeness (QED) is 0.861. The lowest BCUT2D eigenvalue weighted by atomic mass is 9.94. The lowest BCUT2D eigenvalue weighted by Crippen LogP contribution is -2.29. The second kappa shape index (κ2) is 7.34. The molecule has 1 N–H and O–H groups in total. The summed E-state index contributed by atoms with van der Waals surface area (Å²) in [6.07, 6.45) is -0.234. The molecule has 2 aromatic rings. The second-order valence-corrected chi connectivity index (χ2v) is 5.13. The summed E-state index contributed by atoms with van der Waals surface area (Å²) >= 11 is 0. The molecule has 2 rings (SSSR count). The van der Waals surface area contributed by atoms with Crippen LogP contribution in [0.25, 0.3) is 0 Å². The lowest BCUT2D eigenvalue weighted by molar-refractivity contribution is 0.0669. The van der Waals surface area contributed by atoms with Crippen LogP contribution in [0, 0.1) is 12.7 Å². The number of methoxy groups -OCH3 is 1. The summed E-state index contributed by atoms with van der Waals surface area (Å²) in [7, 11) is 1.66. The van der Waals surface area contributed by atoms with Crippen molar-refractivity contribution in [2.24, 2.45) is 0 Å². The van der Waals surface area contributed by atoms with Gasteiger partial charge in [-0.3, -0.25) is 0 Å². The average Bonchev–Trinajstić information content (AvgIpc) is 2.51. The van der Waals surface area contributed by atoms with Crippen LogP contribution < -0.4 is 5.32 Å². The highest BCUT2D eigenvalue weighted by atomic mass is 19.1. The van der Waals surface area contributed by atoms with Gasteiger partial charge in [-0.15, -0.1) is 0 Å². The third-order valence-corrected chi connectivity index (χ3v) is 3.60. The van der Waals surface area contributed by atoms with Gasteiger partial charge in [-0.05, 0) is 25.1 Å². The Kier molecular flexibility index (Phi) is 5.48. The molecule has 2 atom stereocenters. The number of rotatable bonds is 6. The van der Waals surface area contributed by atoms with Crippen LogP contribution in [0.4, 0.5) is 4.39 Å². The number of benzene rings is 2. The number of nitrogens with one attached hydrogen (secondary N) is 1. The van der Waals surface area contributed by atoms with Crippen molar-refractivity contribution in [1.29, 1.82) is 0 Å². The largest absolute Gasteiger partial charge is 0.375 e. The van der Waals surface area contributed by atoms with E-state index in [1.165, 1.54) is 6.07 Å². The molecule has 112 valence electrons. The molecule has 0 heterocycles. The Bertz CT molecular complexity index is 571. The lowest BCUT2D eigenvalue weighted by Gasteiger charge is -2.28. The Morgan fingerprint density at radius 3 is 2.48 bits per heavy atom. The van der Waals surface area contributed by atoms with Gasteiger partial charge in [0.2, 0.25) is 0 Å². The Morgan fingerprint density at radius 2 is 1.86 bits per heavy atom. The van der Waals surface area contributed by atoms with E-state index in [1.807, 2.05) is 50.2 Å². The molecule has 3 heteroatoms. The van der Waals surface area contributed by atoms with Crippen molar-refractivity contribution in [3.05, 3.63) is 71.0 Å². The first kappa shape index (κ1) is 15.7. The first-order valence-corrected chi connectivity index (χ1v) is 7.24. The minimum atomic E-state index is -0.234. The molecule has 0 aliphatic carbocycles. The number of aryl methyl sites for hydroxylation is 1. The van der Waals surface area contributed by atoms with E-state index < -0.39 is 0 Å². The molecular weight excluding hydrogens is 265 g/mol. The molecule has 0 aliphatic rings. The standard InChI is InChI=1S/C18H22FNO/c1-4-20-17(15-12-13(2)10-11-16(15)19)18(21-3)14-8-6-5-7-9-14/h5-12,17-18,20H,4H2,1-3H3. The summed E-state index contributed by atoms with van der Waals surface area (Å²) in [5, 5.41) is 3.35. The van der Waals surface area contributed by atoms with Crippen LogP contribution in [0.5, 0.6) is 0 Å². The molecule has 0 aromatic heterocycles. The molecule has 0 fully saturated rings. The van der Waals surface area contributed by atoms with Gasteiger partial charge in [0.25, 0.3) is 0 Å². The van der Waals surface area contributed by atoms with E-state index in [-0.39, 0.29) is 18.0 Å². The molecule has 2 unspecified atom stereocenters. The maximum Gasteiger partial charge on any atom is 0.128 e. The van der Waals surface area contributed by atoms with E-state index in [4.69, 9.17) is 4.74 Å². The fourth-order valence-electron chi connectivity index (χ4n) is 2.61. The van der Waals surface area contributed by atoms with Crippen molar-refractivity contribution < 1.29 is 9.13 Å². The predicted octanol–water partition coefficient (Wildman–Crippen LogP) is 4.17. The zero-order valence-corrected chi connectivity index (χ0v) is 12.8. The van der Waals surface area contributed by atoms with Crippen molar-refractivity contribution in [2.75, 3.05) is 13.7 Å². The molecule has 0 saturated carbocycles. The van der Waals surface area contributed by atoms with Gasteiger partial charge in [-0.2, -0.15) is 0 Å². The van der Waals surface area contributed by atoms with Crippen molar-refractivity contribution in [3.63, 3.8) is 0 Å². The molecule has 0 spiro atoms. The maximum atomic E-state index is 14.3. The summed E-state index contributed by atoms with van der Waals surface area (Å²) in [4.78, 5) is 0. The smallest absolute Gasteiger partial charge is 0.128 e. The van der Waals surface area contributed by atoms with Crippen LogP contribution in [0.1, 0.15) is 35.8 Å². The summed E-state index contributed by atoms with van der Waals surface area (Å²) in [6, 6.07) is 14.9. The van der Waals surface area contributed by atoms with Crippen molar-refractivity contribution in [1.82, 2.24) is 5.32 Å². The first-order valence-electron chi connectivity index (χ1n) is 7.24. The van der Waals surface area contributed by atoms with Gasteiger partial charge in [-0.1, -0.05) is 55.0 Å². The number of halogens is 1. The fraction of sp³-hybridized carbons (Fsp3) is 0.333. The van der Waals surface area contributed by atoms with E-state index >= 15 is 0 Å². The van der Waals surface area contributed by atoms with E-state index in [0.29, 0.717) is 5.56 Å². The Morgan fingerprint density at radius 1 is 1.14 bits per heavy atom. The molecule has 0 bridgehead atoms. The molecule has 0 saturated heterocycles. The highest BCUT2D eigenvalue weighted by molar-refractivity contribution is 5.30. The third-order valence-electron chi connectivity index (χ3n) is 3.60. The zero-order valence-electron chi connectivity index (χ0n) is 12.8. The SMILES string of the molecule is CCNC(c1cc(C)ccc1F)C(OC)c1ccccc1. The molecule has 2 aromatic carbocycles. The predicted molar refractivity (Wildman–Crippen MR) is 83.7 cm³/mol. The van der Waals surface area contributed by atoms with Gasteiger partial charge >= 0.3 is 0 Å². The maximum absolute atomic E-state index is 14.3. The first-order chi connectivity index (χ1) is 10.2. The van der Waals surface area contributed by atoms with Gasteiger partial charge in [-0.25, -0.2) is 4.39 Å². The Labute approximate surface area is 126 Å². The second-order valence-electron chi connectivity index (χ2n) is 5.13. The summed E-state index contributed by atoms with van der Waals surface area (Å²) in [5.74, 6) is -0.204. The highest BCUT2D eigenvalue weighted by Gasteiger charge is 2.26. The summed E-state index contributed by atoms with van der Waals surface area (Å²) < 4.78 is 19.9. The topological polar surface area (TPSA) is 21.3 Å². The van der Waals surface area contributed by atoms with Gasteiger partial charge in [0.1, 0.15) is 11.9 Å². The summed E-state index contributed by atoms with van der Waals surface area (Å²) in [5.41, 5.74) is 2.72. The van der Waals surface area contributed by atoms with Crippen LogP contribution in [0.3, 0.4) is 0 Å². The normalized spacial score (nSPS) is 13.9. The number of hydrogen-bond donors (Lipinski definition) is 1. The van der Waals surface area contributed by atoms with Gasteiger partial charge in [0, 0.05) is 12.7 Å². The third kappa shape index (κ3) is 3.69. The van der Waals surface area contributed by atoms with Crippen LogP contribution in [0.2, 0.25) is 0 Å². The minimum absolute atomic E-state index is 0.204. The Balaban J connectivity index is 2.43. The van der Waals surface area contributed by atoms with Crippen LogP contribution in [-0.4, -0.2) is 13.7 Å². The van der Waals surface area contributed by atoms with Gasteiger partial charge in [0.05, 0.1) is 6.04 Å². The van der Waals surface area contributed by atoms with E-state index in [2.05, 4.69) is 5.32 Å². The molecule has 21 heavy (non-hydrogen) atoms. The zero-order chi connectivity index (χ0) is 15.2. The average molecular weight is 287 g/mol.